The van der Waals surface area contributed by atoms with Crippen LogP contribution in [0.3, 0.4) is 0 Å². The highest BCUT2D eigenvalue weighted by Gasteiger charge is 2.06. The first-order valence-electron chi connectivity index (χ1n) is 3.08. The Bertz CT molecular complexity index is 533. The minimum absolute atomic E-state index is 0.0134. The SMILES string of the molecule is O=c1[nH]c2nc[nH]c2c(=O)n1O. The lowest BCUT2D eigenvalue weighted by molar-refractivity contribution is 0.162. The highest BCUT2D eigenvalue weighted by atomic mass is 16.5. The van der Waals surface area contributed by atoms with E-state index in [9.17, 15) is 9.59 Å². The normalized spacial score (nSPS) is 10.7. The zero-order chi connectivity index (χ0) is 8.72. The summed E-state index contributed by atoms with van der Waals surface area (Å²) in [5.41, 5.74) is -1.52. The second kappa shape index (κ2) is 1.97. The largest absolute Gasteiger partial charge is 0.421 e. The van der Waals surface area contributed by atoms with Crippen LogP contribution in [0.4, 0.5) is 0 Å². The van der Waals surface area contributed by atoms with Gasteiger partial charge in [0.25, 0.3) is 0 Å². The highest BCUT2D eigenvalue weighted by Crippen LogP contribution is 1.93. The summed E-state index contributed by atoms with van der Waals surface area (Å²) < 4.78 is -0.0134. The van der Waals surface area contributed by atoms with Crippen molar-refractivity contribution in [1.82, 2.24) is 19.7 Å². The topological polar surface area (TPSA) is 104 Å². The van der Waals surface area contributed by atoms with E-state index in [4.69, 9.17) is 5.21 Å². The van der Waals surface area contributed by atoms with Crippen molar-refractivity contribution in [2.45, 2.75) is 0 Å². The third-order valence-corrected chi connectivity index (χ3v) is 1.46. The van der Waals surface area contributed by atoms with Crippen molar-refractivity contribution in [3.63, 3.8) is 0 Å². The lowest BCUT2D eigenvalue weighted by atomic mass is 10.5. The molecule has 0 bridgehead atoms. The molecule has 0 saturated carbocycles. The molecular formula is C5H4N4O3. The first-order valence-corrected chi connectivity index (χ1v) is 3.08. The van der Waals surface area contributed by atoms with Crippen LogP contribution in [-0.2, 0) is 0 Å². The van der Waals surface area contributed by atoms with Gasteiger partial charge in [-0.05, 0) is 0 Å². The Hall–Kier alpha value is -2.05. The number of imidazole rings is 1. The Morgan fingerprint density at radius 3 is 3.00 bits per heavy atom. The van der Waals surface area contributed by atoms with Gasteiger partial charge in [-0.2, -0.15) is 0 Å². The predicted octanol–water partition coefficient (Wildman–Crippen LogP) is -1.35. The van der Waals surface area contributed by atoms with Crippen LogP contribution in [0.1, 0.15) is 0 Å². The van der Waals surface area contributed by atoms with Gasteiger partial charge in [-0.25, -0.2) is 9.78 Å². The fraction of sp³-hybridized carbons (Fsp3) is 0. The molecule has 0 atom stereocenters. The summed E-state index contributed by atoms with van der Waals surface area (Å²) in [6.45, 7) is 0. The Kier molecular flexibility index (Phi) is 1.09. The van der Waals surface area contributed by atoms with Crippen molar-refractivity contribution in [3.8, 4) is 0 Å². The average Bonchev–Trinajstić information content (AvgIpc) is 2.48. The van der Waals surface area contributed by atoms with Gasteiger partial charge < -0.3 is 10.2 Å². The van der Waals surface area contributed by atoms with Crippen molar-refractivity contribution < 1.29 is 5.21 Å². The monoisotopic (exact) mass is 168 g/mol. The third-order valence-electron chi connectivity index (χ3n) is 1.46. The van der Waals surface area contributed by atoms with Crippen LogP contribution < -0.4 is 11.2 Å². The maximum atomic E-state index is 11.0. The number of nitrogens with one attached hydrogen (secondary N) is 2. The first kappa shape index (κ1) is 6.65. The second-order valence-corrected chi connectivity index (χ2v) is 2.17. The van der Waals surface area contributed by atoms with Crippen molar-refractivity contribution in [3.05, 3.63) is 27.2 Å². The van der Waals surface area contributed by atoms with Gasteiger partial charge in [0.05, 0.1) is 6.33 Å². The fourth-order valence-corrected chi connectivity index (χ4v) is 0.904. The molecule has 62 valence electrons. The summed E-state index contributed by atoms with van der Waals surface area (Å²) in [5.74, 6) is 0. The number of nitrogens with zero attached hydrogens (tertiary/aromatic N) is 2. The van der Waals surface area contributed by atoms with Gasteiger partial charge in [0.2, 0.25) is 0 Å². The number of aromatic nitrogens is 4. The molecule has 7 heteroatoms. The number of H-pyrrole nitrogens is 2. The molecule has 0 aliphatic carbocycles. The Morgan fingerprint density at radius 2 is 2.25 bits per heavy atom. The second-order valence-electron chi connectivity index (χ2n) is 2.17. The number of aromatic amines is 2. The Labute approximate surface area is 64.3 Å². The van der Waals surface area contributed by atoms with Gasteiger partial charge in [0.15, 0.2) is 11.2 Å². The molecule has 0 aliphatic heterocycles. The minimum atomic E-state index is -0.903. The lowest BCUT2D eigenvalue weighted by Crippen LogP contribution is -2.33. The van der Waals surface area contributed by atoms with Crippen molar-refractivity contribution >= 4 is 11.2 Å². The lowest BCUT2D eigenvalue weighted by Gasteiger charge is -1.91. The van der Waals surface area contributed by atoms with Crippen LogP contribution in [0.2, 0.25) is 0 Å². The van der Waals surface area contributed by atoms with Crippen molar-refractivity contribution in [1.29, 1.82) is 0 Å². The van der Waals surface area contributed by atoms with E-state index in [-0.39, 0.29) is 15.9 Å². The number of hydrogen-bond donors (Lipinski definition) is 3. The van der Waals surface area contributed by atoms with E-state index in [1.807, 2.05) is 0 Å². The van der Waals surface area contributed by atoms with E-state index in [1.54, 1.807) is 0 Å². The summed E-state index contributed by atoms with van der Waals surface area (Å²) in [7, 11) is 0. The van der Waals surface area contributed by atoms with Gasteiger partial charge in [-0.15, -0.1) is 0 Å². The third kappa shape index (κ3) is 0.669. The summed E-state index contributed by atoms with van der Waals surface area (Å²) >= 11 is 0. The van der Waals surface area contributed by atoms with Gasteiger partial charge in [0, 0.05) is 0 Å². The molecule has 0 amide bonds. The van der Waals surface area contributed by atoms with E-state index in [0.717, 1.165) is 0 Å². The molecule has 0 aromatic carbocycles. The fourth-order valence-electron chi connectivity index (χ4n) is 0.904. The summed E-state index contributed by atoms with van der Waals surface area (Å²) in [5, 5.41) is 8.84. The Morgan fingerprint density at radius 1 is 1.50 bits per heavy atom. The predicted molar refractivity (Wildman–Crippen MR) is 38.2 cm³/mol. The summed E-state index contributed by atoms with van der Waals surface area (Å²) in [4.78, 5) is 30.1. The smallest absolute Gasteiger partial charge is 0.363 e. The van der Waals surface area contributed by atoms with E-state index in [1.165, 1.54) is 6.33 Å². The number of rotatable bonds is 0. The van der Waals surface area contributed by atoms with E-state index >= 15 is 0 Å². The molecule has 12 heavy (non-hydrogen) atoms. The number of hydrogen-bond acceptors (Lipinski definition) is 4. The van der Waals surface area contributed by atoms with Crippen LogP contribution >= 0.6 is 0 Å². The van der Waals surface area contributed by atoms with E-state index in [0.29, 0.717) is 0 Å². The molecule has 0 unspecified atom stereocenters. The zero-order valence-electron chi connectivity index (χ0n) is 5.74. The van der Waals surface area contributed by atoms with Crippen LogP contribution in [0.5, 0.6) is 0 Å². The van der Waals surface area contributed by atoms with Gasteiger partial charge in [0.1, 0.15) is 0 Å². The average molecular weight is 168 g/mol. The van der Waals surface area contributed by atoms with Crippen molar-refractivity contribution in [2.75, 3.05) is 0 Å². The Balaban J connectivity index is 3.16. The number of fused-ring (bicyclic) bond motifs is 1. The van der Waals surface area contributed by atoms with Crippen molar-refractivity contribution in [2.24, 2.45) is 0 Å². The summed E-state index contributed by atoms with van der Waals surface area (Å²) in [6, 6.07) is 0. The standard InChI is InChI=1S/C5H4N4O3/c10-4-2-3(7-1-6-2)8-5(11)9(4)12/h1,12H,(H,6,7)(H,8,11). The van der Waals surface area contributed by atoms with Gasteiger partial charge in [-0.3, -0.25) is 9.78 Å². The molecule has 0 radical (unpaired) electrons. The van der Waals surface area contributed by atoms with Crippen LogP contribution in [0, 0.1) is 0 Å². The van der Waals surface area contributed by atoms with Gasteiger partial charge in [-0.1, -0.05) is 4.73 Å². The molecule has 7 nitrogen and oxygen atoms in total. The van der Waals surface area contributed by atoms with E-state index in [2.05, 4.69) is 15.0 Å². The summed E-state index contributed by atoms with van der Waals surface area (Å²) in [6.07, 6.45) is 1.25. The van der Waals surface area contributed by atoms with E-state index < -0.39 is 11.2 Å². The maximum Gasteiger partial charge on any atom is 0.363 e. The van der Waals surface area contributed by atoms with Crippen LogP contribution in [0.25, 0.3) is 11.2 Å². The molecule has 2 rings (SSSR count). The molecule has 2 heterocycles. The molecule has 0 spiro atoms. The van der Waals surface area contributed by atoms with Gasteiger partial charge >= 0.3 is 11.2 Å². The molecule has 2 aromatic rings. The zero-order valence-corrected chi connectivity index (χ0v) is 5.74. The molecule has 3 N–H and O–H groups in total. The van der Waals surface area contributed by atoms with Crippen LogP contribution in [-0.4, -0.2) is 24.9 Å². The molecular weight excluding hydrogens is 164 g/mol. The minimum Gasteiger partial charge on any atom is -0.421 e. The quantitative estimate of drug-likeness (QED) is 0.423. The highest BCUT2D eigenvalue weighted by molar-refractivity contribution is 5.67. The van der Waals surface area contributed by atoms with Crippen LogP contribution in [0.15, 0.2) is 15.9 Å². The maximum absolute atomic E-state index is 11.0. The first-order chi connectivity index (χ1) is 5.70. The molecule has 0 fully saturated rings. The molecule has 0 saturated heterocycles. The molecule has 2 aromatic heterocycles. The molecule has 0 aliphatic rings.